The first-order valence-electron chi connectivity index (χ1n) is 9.02. The minimum Gasteiger partial charge on any atom is -0.375 e. The van der Waals surface area contributed by atoms with E-state index in [1.54, 1.807) is 12.4 Å². The zero-order valence-corrected chi connectivity index (χ0v) is 15.7. The Morgan fingerprint density at radius 3 is 2.81 bits per heavy atom. The summed E-state index contributed by atoms with van der Waals surface area (Å²) in [4.78, 5) is 27.3. The summed E-state index contributed by atoms with van der Waals surface area (Å²) in [6.07, 6.45) is 7.07. The van der Waals surface area contributed by atoms with Gasteiger partial charge in [0.2, 0.25) is 5.95 Å². The number of nitrogens with zero attached hydrogens (tertiary/aromatic N) is 4. The van der Waals surface area contributed by atoms with Crippen LogP contribution in [0.3, 0.4) is 0 Å². The number of aryl methyl sites for hydroxylation is 1. The zero-order valence-electron chi connectivity index (χ0n) is 14.9. The maximum atomic E-state index is 12.6. The number of piperidine rings is 1. The number of carbonyl (C=O) groups excluding carboxylic acids is 1. The quantitative estimate of drug-likeness (QED) is 0.890. The lowest BCUT2D eigenvalue weighted by Crippen LogP contribution is -2.52. The number of rotatable bonds is 3. The number of thiazole rings is 1. The molecule has 2 aliphatic heterocycles. The van der Waals surface area contributed by atoms with E-state index in [4.69, 9.17) is 4.74 Å². The standard InChI is InChI=1S/C18H23N5O2S/c1-13-21-15(12-26-13)16(24)23-8-4-18(5-9-23)11-14(3-10-25-18)22-17-19-6-2-7-20-17/h2,6-7,12,14H,3-5,8-11H2,1H3,(H,19,20,22). The summed E-state index contributed by atoms with van der Waals surface area (Å²) in [6.45, 7) is 4.07. The monoisotopic (exact) mass is 373 g/mol. The van der Waals surface area contributed by atoms with Gasteiger partial charge in [-0.05, 0) is 38.7 Å². The van der Waals surface area contributed by atoms with E-state index in [0.717, 1.165) is 37.3 Å². The maximum Gasteiger partial charge on any atom is 0.273 e. The van der Waals surface area contributed by atoms with Crippen molar-refractivity contribution in [3.63, 3.8) is 0 Å². The molecule has 4 heterocycles. The van der Waals surface area contributed by atoms with Crippen molar-refractivity contribution in [3.05, 3.63) is 34.5 Å². The maximum absolute atomic E-state index is 12.6. The molecule has 0 aromatic carbocycles. The van der Waals surface area contributed by atoms with Crippen LogP contribution < -0.4 is 5.32 Å². The SMILES string of the molecule is Cc1nc(C(=O)N2CCC3(CC2)CC(Nc2ncccn2)CCO3)cs1. The van der Waals surface area contributed by atoms with Crippen molar-refractivity contribution in [2.24, 2.45) is 0 Å². The van der Waals surface area contributed by atoms with Gasteiger partial charge in [-0.25, -0.2) is 15.0 Å². The lowest BCUT2D eigenvalue weighted by molar-refractivity contribution is -0.110. The summed E-state index contributed by atoms with van der Waals surface area (Å²) < 4.78 is 6.18. The van der Waals surface area contributed by atoms with Crippen LogP contribution in [-0.4, -0.2) is 57.1 Å². The number of carbonyl (C=O) groups is 1. The van der Waals surface area contributed by atoms with Crippen molar-refractivity contribution >= 4 is 23.2 Å². The zero-order chi connectivity index (χ0) is 18.0. The summed E-state index contributed by atoms with van der Waals surface area (Å²) in [6, 6.07) is 2.11. The van der Waals surface area contributed by atoms with Crippen LogP contribution in [0.4, 0.5) is 5.95 Å². The summed E-state index contributed by atoms with van der Waals surface area (Å²) in [7, 11) is 0. The molecular weight excluding hydrogens is 350 g/mol. The van der Waals surface area contributed by atoms with E-state index >= 15 is 0 Å². The number of amides is 1. The van der Waals surface area contributed by atoms with E-state index < -0.39 is 0 Å². The lowest BCUT2D eigenvalue weighted by atomic mass is 9.82. The molecule has 1 atom stereocenters. The Morgan fingerprint density at radius 1 is 1.35 bits per heavy atom. The number of aromatic nitrogens is 3. The lowest BCUT2D eigenvalue weighted by Gasteiger charge is -2.46. The number of nitrogens with one attached hydrogen (secondary N) is 1. The fraction of sp³-hybridized carbons (Fsp3) is 0.556. The third kappa shape index (κ3) is 3.71. The van der Waals surface area contributed by atoms with Crippen LogP contribution >= 0.6 is 11.3 Å². The topological polar surface area (TPSA) is 80.2 Å². The first-order valence-corrected chi connectivity index (χ1v) is 9.90. The van der Waals surface area contributed by atoms with Crippen LogP contribution in [0.2, 0.25) is 0 Å². The third-order valence-electron chi connectivity index (χ3n) is 5.19. The predicted molar refractivity (Wildman–Crippen MR) is 99.3 cm³/mol. The predicted octanol–water partition coefficient (Wildman–Crippen LogP) is 2.51. The van der Waals surface area contributed by atoms with E-state index in [9.17, 15) is 4.79 Å². The van der Waals surface area contributed by atoms with Gasteiger partial charge >= 0.3 is 0 Å². The van der Waals surface area contributed by atoms with E-state index in [0.29, 0.717) is 30.8 Å². The van der Waals surface area contributed by atoms with Gasteiger partial charge in [0.05, 0.1) is 10.6 Å². The number of hydrogen-bond acceptors (Lipinski definition) is 7. The van der Waals surface area contributed by atoms with E-state index in [-0.39, 0.29) is 11.5 Å². The molecule has 7 nitrogen and oxygen atoms in total. The second-order valence-electron chi connectivity index (χ2n) is 6.98. The highest BCUT2D eigenvalue weighted by molar-refractivity contribution is 7.09. The normalized spacial score (nSPS) is 22.3. The van der Waals surface area contributed by atoms with Gasteiger partial charge in [0.1, 0.15) is 5.69 Å². The van der Waals surface area contributed by atoms with Crippen molar-refractivity contribution in [1.29, 1.82) is 0 Å². The highest BCUT2D eigenvalue weighted by Crippen LogP contribution is 2.36. The second kappa shape index (κ2) is 7.28. The number of anilines is 1. The van der Waals surface area contributed by atoms with Crippen LogP contribution in [0.25, 0.3) is 0 Å². The smallest absolute Gasteiger partial charge is 0.273 e. The van der Waals surface area contributed by atoms with Crippen molar-refractivity contribution in [1.82, 2.24) is 19.9 Å². The molecule has 1 unspecified atom stereocenters. The van der Waals surface area contributed by atoms with Crippen molar-refractivity contribution in [2.45, 2.75) is 44.2 Å². The number of likely N-dealkylation sites (tertiary alicyclic amines) is 1. The summed E-state index contributed by atoms with van der Waals surface area (Å²) in [5, 5.41) is 6.20. The van der Waals surface area contributed by atoms with E-state index in [1.807, 2.05) is 23.3 Å². The highest BCUT2D eigenvalue weighted by Gasteiger charge is 2.41. The number of hydrogen-bond donors (Lipinski definition) is 1. The molecule has 1 amide bonds. The summed E-state index contributed by atoms with van der Waals surface area (Å²) in [5.41, 5.74) is 0.410. The average Bonchev–Trinajstić information content (AvgIpc) is 3.09. The fourth-order valence-electron chi connectivity index (χ4n) is 3.80. The van der Waals surface area contributed by atoms with Gasteiger partial charge in [-0.3, -0.25) is 4.79 Å². The Kier molecular flexibility index (Phi) is 4.86. The van der Waals surface area contributed by atoms with Crippen molar-refractivity contribution in [3.8, 4) is 0 Å². The van der Waals surface area contributed by atoms with Gasteiger partial charge in [0.25, 0.3) is 5.91 Å². The Bertz CT molecular complexity index is 758. The molecule has 1 N–H and O–H groups in total. The first kappa shape index (κ1) is 17.4. The molecule has 0 bridgehead atoms. The molecule has 2 aliphatic rings. The fourth-order valence-corrected chi connectivity index (χ4v) is 4.38. The van der Waals surface area contributed by atoms with Gasteiger partial charge < -0.3 is 15.0 Å². The first-order chi connectivity index (χ1) is 12.6. The minimum absolute atomic E-state index is 0.0346. The average molecular weight is 373 g/mol. The highest BCUT2D eigenvalue weighted by atomic mass is 32.1. The molecule has 2 aromatic heterocycles. The van der Waals surface area contributed by atoms with Crippen molar-refractivity contribution < 1.29 is 9.53 Å². The molecule has 8 heteroatoms. The van der Waals surface area contributed by atoms with Gasteiger partial charge in [-0.2, -0.15) is 0 Å². The molecule has 4 rings (SSSR count). The van der Waals surface area contributed by atoms with Crippen LogP contribution in [0.1, 0.15) is 41.2 Å². The van der Waals surface area contributed by atoms with Crippen LogP contribution in [-0.2, 0) is 4.74 Å². The molecule has 0 radical (unpaired) electrons. The molecule has 2 aromatic rings. The van der Waals surface area contributed by atoms with Gasteiger partial charge in [0.15, 0.2) is 0 Å². The molecule has 26 heavy (non-hydrogen) atoms. The Hall–Kier alpha value is -2.06. The Balaban J connectivity index is 1.36. The molecular formula is C18H23N5O2S. The third-order valence-corrected chi connectivity index (χ3v) is 5.97. The second-order valence-corrected chi connectivity index (χ2v) is 8.04. The Morgan fingerprint density at radius 2 is 2.12 bits per heavy atom. The minimum atomic E-state index is -0.153. The Labute approximate surface area is 156 Å². The number of ether oxygens (including phenoxy) is 1. The van der Waals surface area contributed by atoms with Crippen LogP contribution in [0, 0.1) is 6.92 Å². The van der Waals surface area contributed by atoms with Gasteiger partial charge in [-0.1, -0.05) is 0 Å². The summed E-state index contributed by atoms with van der Waals surface area (Å²) >= 11 is 1.52. The van der Waals surface area contributed by atoms with Crippen molar-refractivity contribution in [2.75, 3.05) is 25.0 Å². The summed E-state index contributed by atoms with van der Waals surface area (Å²) in [5.74, 6) is 0.702. The molecule has 0 aliphatic carbocycles. The van der Waals surface area contributed by atoms with E-state index in [1.165, 1.54) is 11.3 Å². The van der Waals surface area contributed by atoms with E-state index in [2.05, 4.69) is 20.3 Å². The molecule has 1 spiro atoms. The largest absolute Gasteiger partial charge is 0.375 e. The van der Waals surface area contributed by atoms with Gasteiger partial charge in [0, 0.05) is 43.5 Å². The van der Waals surface area contributed by atoms with Crippen LogP contribution in [0.5, 0.6) is 0 Å². The van der Waals surface area contributed by atoms with Gasteiger partial charge in [-0.15, -0.1) is 11.3 Å². The molecule has 0 saturated carbocycles. The molecule has 2 saturated heterocycles. The van der Waals surface area contributed by atoms with Crippen LogP contribution in [0.15, 0.2) is 23.8 Å². The molecule has 138 valence electrons. The molecule has 2 fully saturated rings.